The van der Waals surface area contributed by atoms with E-state index in [1.165, 1.54) is 11.6 Å². The number of hydrogen-bond acceptors (Lipinski definition) is 2. The largest absolute Gasteiger partial charge is 0.356 e. The van der Waals surface area contributed by atoms with Gasteiger partial charge in [-0.3, -0.25) is 9.98 Å². The first-order valence-electron chi connectivity index (χ1n) is 7.38. The Bertz CT molecular complexity index is 692. The van der Waals surface area contributed by atoms with Gasteiger partial charge in [-0.25, -0.2) is 8.78 Å². The van der Waals surface area contributed by atoms with Crippen LogP contribution in [0.15, 0.2) is 41.7 Å². The van der Waals surface area contributed by atoms with E-state index in [1.54, 1.807) is 13.2 Å². The smallest absolute Gasteiger partial charge is 0.191 e. The molecule has 2 N–H and O–H groups in total. The van der Waals surface area contributed by atoms with Crippen molar-refractivity contribution < 1.29 is 8.78 Å². The highest BCUT2D eigenvalue weighted by Crippen LogP contribution is 2.09. The SMILES string of the molecule is CN=C(NCCc1ccncc1C)NCc1cc(F)ccc1F.I. The van der Waals surface area contributed by atoms with Crippen molar-refractivity contribution in [3.63, 3.8) is 0 Å². The lowest BCUT2D eigenvalue weighted by atomic mass is 10.1. The third-order valence-corrected chi connectivity index (χ3v) is 3.50. The van der Waals surface area contributed by atoms with Gasteiger partial charge < -0.3 is 10.6 Å². The summed E-state index contributed by atoms with van der Waals surface area (Å²) in [5.74, 6) is -0.360. The zero-order valence-corrected chi connectivity index (χ0v) is 16.0. The molecule has 1 aromatic heterocycles. The summed E-state index contributed by atoms with van der Waals surface area (Å²) < 4.78 is 26.7. The molecule has 24 heavy (non-hydrogen) atoms. The second-order valence-electron chi connectivity index (χ2n) is 5.14. The van der Waals surface area contributed by atoms with E-state index in [1.807, 2.05) is 19.2 Å². The van der Waals surface area contributed by atoms with E-state index in [2.05, 4.69) is 20.6 Å². The van der Waals surface area contributed by atoms with Gasteiger partial charge in [0, 0.05) is 38.1 Å². The quantitative estimate of drug-likeness (QED) is 0.422. The summed E-state index contributed by atoms with van der Waals surface area (Å²) in [6.07, 6.45) is 4.42. The minimum atomic E-state index is -0.459. The van der Waals surface area contributed by atoms with E-state index in [0.717, 1.165) is 24.1 Å². The molecule has 0 aliphatic rings. The van der Waals surface area contributed by atoms with Gasteiger partial charge in [0.15, 0.2) is 5.96 Å². The maximum atomic E-state index is 13.6. The lowest BCUT2D eigenvalue weighted by Crippen LogP contribution is -2.38. The summed E-state index contributed by atoms with van der Waals surface area (Å²) in [5.41, 5.74) is 2.61. The lowest BCUT2D eigenvalue weighted by molar-refractivity contribution is 0.581. The minimum Gasteiger partial charge on any atom is -0.356 e. The average Bonchev–Trinajstić information content (AvgIpc) is 2.55. The first kappa shape index (κ1) is 20.3. The molecule has 0 saturated heterocycles. The second-order valence-corrected chi connectivity index (χ2v) is 5.14. The zero-order valence-electron chi connectivity index (χ0n) is 13.6. The fourth-order valence-electron chi connectivity index (χ4n) is 2.18. The lowest BCUT2D eigenvalue weighted by Gasteiger charge is -2.13. The van der Waals surface area contributed by atoms with E-state index < -0.39 is 11.6 Å². The summed E-state index contributed by atoms with van der Waals surface area (Å²) >= 11 is 0. The molecule has 0 spiro atoms. The molecule has 7 heteroatoms. The Kier molecular flexibility index (Phi) is 8.59. The second kappa shape index (κ2) is 10.2. The fourth-order valence-corrected chi connectivity index (χ4v) is 2.18. The molecule has 0 amide bonds. The maximum Gasteiger partial charge on any atom is 0.191 e. The van der Waals surface area contributed by atoms with Crippen LogP contribution in [0.5, 0.6) is 0 Å². The molecule has 0 fully saturated rings. The molecule has 2 aromatic rings. The molecule has 130 valence electrons. The van der Waals surface area contributed by atoms with E-state index in [9.17, 15) is 8.78 Å². The number of nitrogens with zero attached hydrogens (tertiary/aromatic N) is 2. The number of rotatable bonds is 5. The Morgan fingerprint density at radius 2 is 1.96 bits per heavy atom. The van der Waals surface area contributed by atoms with Gasteiger partial charge in [0.1, 0.15) is 11.6 Å². The van der Waals surface area contributed by atoms with Crippen molar-refractivity contribution in [2.45, 2.75) is 19.9 Å². The van der Waals surface area contributed by atoms with Gasteiger partial charge in [0.05, 0.1) is 0 Å². The molecule has 2 rings (SSSR count). The zero-order chi connectivity index (χ0) is 16.7. The highest BCUT2D eigenvalue weighted by molar-refractivity contribution is 14.0. The average molecular weight is 446 g/mol. The van der Waals surface area contributed by atoms with E-state index >= 15 is 0 Å². The molecule has 0 bridgehead atoms. The van der Waals surface area contributed by atoms with Gasteiger partial charge in [-0.2, -0.15) is 0 Å². The van der Waals surface area contributed by atoms with Crippen LogP contribution >= 0.6 is 24.0 Å². The summed E-state index contributed by atoms with van der Waals surface area (Å²) in [7, 11) is 1.63. The molecular formula is C17H21F2IN4. The number of guanidine groups is 1. The third kappa shape index (κ3) is 6.03. The number of pyridine rings is 1. The van der Waals surface area contributed by atoms with Crippen molar-refractivity contribution in [2.75, 3.05) is 13.6 Å². The van der Waals surface area contributed by atoms with Crippen LogP contribution in [0.1, 0.15) is 16.7 Å². The molecule has 1 aromatic carbocycles. The highest BCUT2D eigenvalue weighted by Gasteiger charge is 2.05. The number of aromatic nitrogens is 1. The predicted molar refractivity (Wildman–Crippen MR) is 103 cm³/mol. The fraction of sp³-hybridized carbons (Fsp3) is 0.294. The van der Waals surface area contributed by atoms with Crippen molar-refractivity contribution in [2.24, 2.45) is 4.99 Å². The number of aryl methyl sites for hydroxylation is 1. The van der Waals surface area contributed by atoms with Crippen LogP contribution < -0.4 is 10.6 Å². The monoisotopic (exact) mass is 446 g/mol. The molecule has 4 nitrogen and oxygen atoms in total. The van der Waals surface area contributed by atoms with Crippen molar-refractivity contribution in [3.05, 3.63) is 65.0 Å². The van der Waals surface area contributed by atoms with E-state index in [0.29, 0.717) is 12.5 Å². The van der Waals surface area contributed by atoms with Gasteiger partial charge in [-0.1, -0.05) is 0 Å². The number of aliphatic imine (C=N–C) groups is 1. The van der Waals surface area contributed by atoms with Gasteiger partial charge >= 0.3 is 0 Å². The number of nitrogens with one attached hydrogen (secondary N) is 2. The summed E-state index contributed by atoms with van der Waals surface area (Å²) in [4.78, 5) is 8.13. The van der Waals surface area contributed by atoms with Gasteiger partial charge in [-0.15, -0.1) is 24.0 Å². The predicted octanol–water partition coefficient (Wildman–Crippen LogP) is 3.19. The Labute approximate surface area is 157 Å². The Hall–Kier alpha value is -1.77. The molecule has 0 aliphatic heterocycles. The van der Waals surface area contributed by atoms with Crippen LogP contribution in [-0.4, -0.2) is 24.5 Å². The number of benzene rings is 1. The van der Waals surface area contributed by atoms with E-state index in [4.69, 9.17) is 0 Å². The van der Waals surface area contributed by atoms with Crippen LogP contribution in [-0.2, 0) is 13.0 Å². The van der Waals surface area contributed by atoms with Crippen molar-refractivity contribution >= 4 is 29.9 Å². The normalized spacial score (nSPS) is 10.9. The van der Waals surface area contributed by atoms with Crippen molar-refractivity contribution in [1.29, 1.82) is 0 Å². The van der Waals surface area contributed by atoms with Crippen LogP contribution in [0.25, 0.3) is 0 Å². The third-order valence-electron chi connectivity index (χ3n) is 3.50. The van der Waals surface area contributed by atoms with Gasteiger partial charge in [0.25, 0.3) is 0 Å². The van der Waals surface area contributed by atoms with E-state index in [-0.39, 0.29) is 36.1 Å². The molecule has 0 radical (unpaired) electrons. The minimum absolute atomic E-state index is 0. The summed E-state index contributed by atoms with van der Waals surface area (Å²) in [6, 6.07) is 5.38. The first-order valence-corrected chi connectivity index (χ1v) is 7.38. The standard InChI is InChI=1S/C17H20F2N4.HI/c1-12-10-21-7-5-13(12)6-8-22-17(20-2)23-11-14-9-15(18)3-4-16(14)19;/h3-5,7,9-10H,6,8,11H2,1-2H3,(H2,20,22,23);1H. The summed E-state index contributed by atoms with van der Waals surface area (Å²) in [6.45, 7) is 2.86. The van der Waals surface area contributed by atoms with Crippen LogP contribution in [0.4, 0.5) is 8.78 Å². The molecular weight excluding hydrogens is 425 g/mol. The van der Waals surface area contributed by atoms with Crippen LogP contribution in [0, 0.1) is 18.6 Å². The molecule has 0 atom stereocenters. The molecule has 0 saturated carbocycles. The molecule has 0 unspecified atom stereocenters. The topological polar surface area (TPSA) is 49.3 Å². The van der Waals surface area contributed by atoms with Crippen molar-refractivity contribution in [1.82, 2.24) is 15.6 Å². The maximum absolute atomic E-state index is 13.6. The highest BCUT2D eigenvalue weighted by atomic mass is 127. The van der Waals surface area contributed by atoms with Crippen molar-refractivity contribution in [3.8, 4) is 0 Å². The Morgan fingerprint density at radius 3 is 2.67 bits per heavy atom. The molecule has 0 aliphatic carbocycles. The Balaban J connectivity index is 0.00000288. The Morgan fingerprint density at radius 1 is 1.17 bits per heavy atom. The van der Waals surface area contributed by atoms with Crippen LogP contribution in [0.2, 0.25) is 0 Å². The first-order chi connectivity index (χ1) is 11.1. The number of halogens is 3. The molecule has 1 heterocycles. The van der Waals surface area contributed by atoms with Gasteiger partial charge in [0.2, 0.25) is 0 Å². The van der Waals surface area contributed by atoms with Crippen LogP contribution in [0.3, 0.4) is 0 Å². The number of hydrogen-bond donors (Lipinski definition) is 2. The summed E-state index contributed by atoms with van der Waals surface area (Å²) in [5, 5.41) is 6.13. The van der Waals surface area contributed by atoms with Gasteiger partial charge in [-0.05, 0) is 48.7 Å².